The van der Waals surface area contributed by atoms with Gasteiger partial charge in [-0.15, -0.1) is 13.2 Å². The minimum Gasteiger partial charge on any atom is -0.508 e. The summed E-state index contributed by atoms with van der Waals surface area (Å²) in [5.41, 5.74) is 4.07. The second-order valence-electron chi connectivity index (χ2n) is 31.4. The predicted molar refractivity (Wildman–Crippen MR) is 433 cm³/mol. The molecule has 0 aliphatic carbocycles. The van der Waals surface area contributed by atoms with Gasteiger partial charge < -0.3 is 142 Å². The summed E-state index contributed by atoms with van der Waals surface area (Å²) in [6.45, 7) is 6.40. The first-order valence-corrected chi connectivity index (χ1v) is 40.5. The van der Waals surface area contributed by atoms with E-state index in [-0.39, 0.29) is 79.2 Å². The number of carbonyl (C=O) groups excluding carboxylic acids is 9. The quantitative estimate of drug-likeness (QED) is 0.0364. The number of alkyl halides is 3. The number of primary amides is 1. The second kappa shape index (κ2) is 39.8. The maximum Gasteiger partial charge on any atom is 0.573 e. The van der Waals surface area contributed by atoms with Crippen LogP contribution in [0.4, 0.5) is 23.7 Å². The molecule has 16 unspecified atom stereocenters. The van der Waals surface area contributed by atoms with Crippen LogP contribution in [-0.2, 0) is 62.1 Å². The fraction of sp³-hybridized carbons (Fsp3) is 0.451. The third-order valence-electron chi connectivity index (χ3n) is 22.0. The molecule has 8 heterocycles. The summed E-state index contributed by atoms with van der Waals surface area (Å²) in [7, 11) is 2.50. The number of likely N-dealkylation sites (tertiary alicyclic amines) is 1. The lowest BCUT2D eigenvalue weighted by atomic mass is 9.85. The Bertz CT molecular complexity index is 5060. The molecule has 8 aliphatic heterocycles. The molecule has 0 saturated carbocycles. The van der Waals surface area contributed by atoms with Crippen LogP contribution in [0.15, 0.2) is 103 Å². The number of aliphatic hydroxyl groups is 6. The largest absolute Gasteiger partial charge is 0.573 e. The van der Waals surface area contributed by atoms with Crippen LogP contribution in [0, 0.1) is 5.92 Å². The molecular formula is C82H95Cl2F3N12O27. The van der Waals surface area contributed by atoms with Crippen molar-refractivity contribution in [1.82, 2.24) is 52.9 Å². The smallest absolute Gasteiger partial charge is 0.508 e. The Morgan fingerprint density at radius 1 is 0.722 bits per heavy atom. The minimum absolute atomic E-state index is 0.0586. The highest BCUT2D eigenvalue weighted by molar-refractivity contribution is 6.32. The van der Waals surface area contributed by atoms with Gasteiger partial charge in [-0.2, -0.15) is 0 Å². The summed E-state index contributed by atoms with van der Waals surface area (Å²) in [4.78, 5) is 139. The third kappa shape index (κ3) is 21.7. The van der Waals surface area contributed by atoms with E-state index in [1.54, 1.807) is 6.92 Å². The first-order valence-electron chi connectivity index (χ1n) is 39.8. The van der Waals surface area contributed by atoms with Gasteiger partial charge in [-0.25, -0.2) is 10.3 Å². The van der Waals surface area contributed by atoms with Gasteiger partial charge in [0.1, 0.15) is 101 Å². The van der Waals surface area contributed by atoms with Gasteiger partial charge in [0, 0.05) is 54.5 Å². The van der Waals surface area contributed by atoms with E-state index < -0.39 is 260 Å². The standard InChI is InChI=1S/C82H95Cl2F3N12O27/c1-34(2)23-48(89-5)72(110)96-63-65(105)37-8-15-52(46(83)25-37)121-54-27-39-28-55(69(54)125-79-70(68(108)67(107)56(33-100)123-79)124-58-32-81(4,71(109)35(3)120-58)90-19-22-119-42-17-20-99(21-18-42)80(117)91-40-10-12-43(13-11-40)126-82(85,86)87)122-53-16-9-38(26-47(53)84)66(106)64-77(115)95-62(78(116)98-118-6)45-29-41(101)30-51(103)59(45)44-24-36(7-14-50(44)102)60(74(112)97-64)94-75(113)61(39)93-73(111)49(31-57(88)104)92-76(63)114/h7-16,24-30,34-35,42,48-49,56,58,60-68,70-71,79,89-90,100-103,105-109H,17-23,31-33H2,1-6H3,(H2,88,104)(H,91,117)(H,92,114)(H,93,111)(H,94,113)(H,95,115)(H,96,110)(H,97,112)(H,98,116)/t35?,48?,49?,56?,58?,60?,61?,62-,63?,64?,65?,66?,67?,68?,70?,71?,79?,81-/m1/s1. The number of aromatic hydroxyl groups is 3. The fourth-order valence-corrected chi connectivity index (χ4v) is 16.0. The molecule has 18 atom stereocenters. The van der Waals surface area contributed by atoms with Gasteiger partial charge in [0.05, 0.1) is 61.1 Å². The molecule has 3 fully saturated rings. The van der Waals surface area contributed by atoms with Crippen molar-refractivity contribution in [2.45, 2.75) is 182 Å². The molecule has 21 N–H and O–H groups in total. The summed E-state index contributed by atoms with van der Waals surface area (Å²) in [6.07, 6.45) is -23.7. The Labute approximate surface area is 726 Å². The van der Waals surface area contributed by atoms with Gasteiger partial charge in [0.15, 0.2) is 23.9 Å². The summed E-state index contributed by atoms with van der Waals surface area (Å²) < 4.78 is 87.8. The lowest BCUT2D eigenvalue weighted by molar-refractivity contribution is -0.334. The van der Waals surface area contributed by atoms with Crippen molar-refractivity contribution in [2.24, 2.45) is 11.7 Å². The zero-order valence-corrected chi connectivity index (χ0v) is 69.7. The van der Waals surface area contributed by atoms with Crippen LogP contribution in [0.25, 0.3) is 11.1 Å². The highest BCUT2D eigenvalue weighted by atomic mass is 35.5. The number of carbonyl (C=O) groups is 9. The number of hydrogen-bond acceptors (Lipinski definition) is 29. The maximum absolute atomic E-state index is 16.3. The number of aliphatic hydroxyl groups excluding tert-OH is 6. The van der Waals surface area contributed by atoms with Crippen LogP contribution in [0.3, 0.4) is 0 Å². The number of halogens is 5. The summed E-state index contributed by atoms with van der Waals surface area (Å²) in [5, 5.41) is 129. The van der Waals surface area contributed by atoms with Gasteiger partial charge in [-0.05, 0) is 153 Å². The average Bonchev–Trinajstić information content (AvgIpc) is 0.761. The number of urea groups is 1. The van der Waals surface area contributed by atoms with Gasteiger partial charge in [-0.1, -0.05) is 55.2 Å². The highest BCUT2D eigenvalue weighted by Crippen LogP contribution is 2.50. The number of phenolic OH excluding ortho intramolecular Hbond substituents is 3. The van der Waals surface area contributed by atoms with Crippen molar-refractivity contribution in [1.29, 1.82) is 0 Å². The molecule has 11 bridgehead atoms. The molecule has 44 heteroatoms. The normalized spacial score (nSPS) is 26.9. The predicted octanol–water partition coefficient (Wildman–Crippen LogP) is 2.94. The van der Waals surface area contributed by atoms with Crippen molar-refractivity contribution in [3.05, 3.63) is 141 Å². The first kappa shape index (κ1) is 93.9. The molecule has 3 saturated heterocycles. The van der Waals surface area contributed by atoms with Crippen LogP contribution in [-0.4, -0.2) is 243 Å². The molecule has 14 rings (SSSR count). The molecule has 6 aromatic carbocycles. The Kier molecular flexibility index (Phi) is 29.7. The zero-order valence-electron chi connectivity index (χ0n) is 68.1. The van der Waals surface area contributed by atoms with Crippen LogP contribution >= 0.6 is 23.2 Å². The number of likely N-dealkylation sites (N-methyl/N-ethyl adjacent to an activating group) is 1. The van der Waals surface area contributed by atoms with Gasteiger partial charge >= 0.3 is 12.4 Å². The number of nitrogens with zero attached hydrogens (tertiary/aromatic N) is 1. The molecule has 8 aliphatic rings. The molecule has 0 radical (unpaired) electrons. The number of nitrogens with one attached hydrogen (secondary N) is 10. The average molecular weight is 1810 g/mol. The molecule has 0 aromatic heterocycles. The number of nitrogens with two attached hydrogens (primary N) is 1. The number of rotatable bonds is 21. The maximum atomic E-state index is 16.3. The zero-order chi connectivity index (χ0) is 91.2. The van der Waals surface area contributed by atoms with Crippen molar-refractivity contribution in [3.8, 4) is 62.9 Å². The molecule has 39 nitrogen and oxygen atoms in total. The number of phenols is 3. The summed E-state index contributed by atoms with van der Waals surface area (Å²) in [6, 6.07) is 3.67. The van der Waals surface area contributed by atoms with Crippen molar-refractivity contribution in [2.75, 3.05) is 52.3 Å². The number of piperidine rings is 1. The van der Waals surface area contributed by atoms with Crippen molar-refractivity contribution < 1.29 is 145 Å². The monoisotopic (exact) mass is 1810 g/mol. The summed E-state index contributed by atoms with van der Waals surface area (Å²) >= 11 is 14.3. The highest BCUT2D eigenvalue weighted by Gasteiger charge is 2.53. The Morgan fingerprint density at radius 2 is 1.35 bits per heavy atom. The Hall–Kier alpha value is -11.2. The van der Waals surface area contributed by atoms with E-state index >= 15 is 24.0 Å². The van der Waals surface area contributed by atoms with Crippen LogP contribution in [0.2, 0.25) is 10.0 Å². The lowest BCUT2D eigenvalue weighted by Crippen LogP contribution is -2.65. The van der Waals surface area contributed by atoms with Crippen LogP contribution < -0.4 is 78.0 Å². The van der Waals surface area contributed by atoms with E-state index in [2.05, 4.69) is 58.1 Å². The number of benzene rings is 6. The summed E-state index contributed by atoms with van der Waals surface area (Å²) in [5.74, 6) is -16.0. The number of ether oxygens (including phenoxy) is 8. The topological polar surface area (TPSA) is 568 Å². The number of amides is 10. The third-order valence-corrected chi connectivity index (χ3v) is 22.6. The first-order chi connectivity index (χ1) is 59.7. The fourth-order valence-electron chi connectivity index (χ4n) is 15.5. The number of hydrogen-bond donors (Lipinski definition) is 20. The van der Waals surface area contributed by atoms with Gasteiger partial charge in [0.25, 0.3) is 5.91 Å². The van der Waals surface area contributed by atoms with E-state index in [0.717, 1.165) is 86.0 Å². The number of anilines is 1. The van der Waals surface area contributed by atoms with E-state index in [0.29, 0.717) is 12.8 Å². The van der Waals surface area contributed by atoms with E-state index in [1.807, 2.05) is 13.8 Å². The SMILES string of the molecule is CNC(CC(C)C)C(=O)NC1C(=O)NC(CC(N)=O)C(=O)NC2C(=O)NC3C(=O)NC(C(=O)N[C@@H](C(=O)NOC)c4cc(O)cc(O)c4-c4cc3ccc4O)C(O)c3ccc(c(Cl)c3)Oc3cc2cc(c3OC2OC(CO)C(O)C(O)C2OC2C[C@@](C)(NCCOC3CCN(C(=O)Nc4ccc(OC(F)(F)F)cc4)CC3)C(O)C(C)O2)Oc2ccc(cc2Cl)C1O. The molecule has 10 amide bonds. The molecule has 0 spiro atoms. The molecule has 680 valence electrons. The van der Waals surface area contributed by atoms with Gasteiger partial charge in [0.2, 0.25) is 53.4 Å². The molecule has 6 aromatic rings. The van der Waals surface area contributed by atoms with E-state index in [1.165, 1.54) is 43.1 Å². The second-order valence-corrected chi connectivity index (χ2v) is 32.3. The molecule has 126 heavy (non-hydrogen) atoms. The van der Waals surface area contributed by atoms with Crippen LogP contribution in [0.5, 0.6) is 51.7 Å². The minimum atomic E-state index is -4.91. The Balaban J connectivity index is 0.957. The Morgan fingerprint density at radius 3 is 1.96 bits per heavy atom. The number of fused-ring (bicyclic) bond motifs is 15. The molecular weight excluding hydrogens is 1710 g/mol. The van der Waals surface area contributed by atoms with Gasteiger partial charge in [-0.3, -0.25) is 43.2 Å². The van der Waals surface area contributed by atoms with Crippen LogP contribution in [0.1, 0.15) is 118 Å². The van der Waals surface area contributed by atoms with E-state index in [9.17, 15) is 78.3 Å². The lowest BCUT2D eigenvalue weighted by Gasteiger charge is -2.48. The van der Waals surface area contributed by atoms with Crippen molar-refractivity contribution in [3.63, 3.8) is 0 Å². The number of hydroxylamine groups is 1. The van der Waals surface area contributed by atoms with E-state index in [4.69, 9.17) is 66.9 Å². The van der Waals surface area contributed by atoms with Crippen molar-refractivity contribution >= 4 is 82.2 Å².